The maximum atomic E-state index is 11.9. The second-order valence-corrected chi connectivity index (χ2v) is 4.52. The molecular weight excluding hydrogens is 264 g/mol. The quantitative estimate of drug-likeness (QED) is 0.418. The van der Waals surface area contributed by atoms with Crippen LogP contribution >= 0.6 is 0 Å². The lowest BCUT2D eigenvalue weighted by molar-refractivity contribution is -0.110. The van der Waals surface area contributed by atoms with Crippen LogP contribution in [0.25, 0.3) is 11.7 Å². The van der Waals surface area contributed by atoms with Crippen molar-refractivity contribution in [2.75, 3.05) is 0 Å². The van der Waals surface area contributed by atoms with Crippen molar-refractivity contribution in [3.05, 3.63) is 78.3 Å². The number of hydrogen-bond donors (Lipinski definition) is 0. The fourth-order valence-corrected chi connectivity index (χ4v) is 2.00. The summed E-state index contributed by atoms with van der Waals surface area (Å²) in [7, 11) is 0. The summed E-state index contributed by atoms with van der Waals surface area (Å²) < 4.78 is 1.85. The highest BCUT2D eigenvalue weighted by Crippen LogP contribution is 2.07. The van der Waals surface area contributed by atoms with E-state index in [0.717, 1.165) is 5.65 Å². The lowest BCUT2D eigenvalue weighted by Crippen LogP contribution is -2.10. The molecule has 2 heterocycles. The Bertz CT molecular complexity index is 799. The number of Topliss-reactive ketones (excluding diaryl/α,β-unsaturated/α-hetero) is 1. The first-order valence-corrected chi connectivity index (χ1v) is 6.49. The van der Waals surface area contributed by atoms with Gasteiger partial charge in [0.15, 0.2) is 0 Å². The highest BCUT2D eigenvalue weighted by atomic mass is 16.2. The van der Waals surface area contributed by atoms with Gasteiger partial charge in [-0.25, -0.2) is 4.98 Å². The standard InChI is InChI=1S/C17H12N2O2/c20-15(17(21)13-6-2-1-3-7-13)10-9-14-12-19-11-5-4-8-16(19)18-14/h1-12H/b10-9+. The van der Waals surface area contributed by atoms with Crippen LogP contribution in [0.3, 0.4) is 0 Å². The molecule has 0 amide bonds. The van der Waals surface area contributed by atoms with Gasteiger partial charge in [-0.2, -0.15) is 0 Å². The zero-order chi connectivity index (χ0) is 14.7. The SMILES string of the molecule is O=C(/C=C/c1cn2ccccc2n1)C(=O)c1ccccc1. The minimum absolute atomic E-state index is 0.391. The van der Waals surface area contributed by atoms with Gasteiger partial charge in [-0.15, -0.1) is 0 Å². The molecule has 21 heavy (non-hydrogen) atoms. The number of allylic oxidation sites excluding steroid dienone is 1. The average molecular weight is 276 g/mol. The van der Waals surface area contributed by atoms with Gasteiger partial charge in [0.1, 0.15) is 5.65 Å². The van der Waals surface area contributed by atoms with Crippen molar-refractivity contribution in [1.82, 2.24) is 9.38 Å². The van der Waals surface area contributed by atoms with Crippen LogP contribution in [0.5, 0.6) is 0 Å². The fraction of sp³-hybridized carbons (Fsp3) is 0. The molecule has 0 aliphatic rings. The van der Waals surface area contributed by atoms with Gasteiger partial charge >= 0.3 is 0 Å². The number of nitrogens with zero attached hydrogens (tertiary/aromatic N) is 2. The Balaban J connectivity index is 1.79. The summed E-state index contributed by atoms with van der Waals surface area (Å²) in [5, 5.41) is 0. The van der Waals surface area contributed by atoms with Crippen LogP contribution in [-0.2, 0) is 4.79 Å². The van der Waals surface area contributed by atoms with Gasteiger partial charge in [0, 0.05) is 18.0 Å². The minimum atomic E-state index is -0.557. The van der Waals surface area contributed by atoms with Crippen molar-refractivity contribution in [2.24, 2.45) is 0 Å². The van der Waals surface area contributed by atoms with Gasteiger partial charge < -0.3 is 4.40 Å². The summed E-state index contributed by atoms with van der Waals surface area (Å²) in [5.74, 6) is -1.08. The molecule has 4 heteroatoms. The second kappa shape index (κ2) is 5.54. The molecule has 0 bridgehead atoms. The molecule has 0 aliphatic carbocycles. The van der Waals surface area contributed by atoms with Crippen molar-refractivity contribution < 1.29 is 9.59 Å². The predicted molar refractivity (Wildman–Crippen MR) is 80.0 cm³/mol. The highest BCUT2D eigenvalue weighted by Gasteiger charge is 2.12. The van der Waals surface area contributed by atoms with Crippen LogP contribution in [-0.4, -0.2) is 21.0 Å². The monoisotopic (exact) mass is 276 g/mol. The van der Waals surface area contributed by atoms with E-state index in [1.54, 1.807) is 42.6 Å². The third-order valence-electron chi connectivity index (χ3n) is 3.05. The zero-order valence-electron chi connectivity index (χ0n) is 11.1. The number of rotatable bonds is 4. The molecule has 0 aliphatic heterocycles. The Labute approximate surface area is 121 Å². The van der Waals surface area contributed by atoms with Crippen molar-refractivity contribution in [3.8, 4) is 0 Å². The van der Waals surface area contributed by atoms with Crippen LogP contribution in [0.2, 0.25) is 0 Å². The first-order chi connectivity index (χ1) is 10.2. The summed E-state index contributed by atoms with van der Waals surface area (Å²) in [6.07, 6.45) is 6.48. The van der Waals surface area contributed by atoms with Gasteiger partial charge in [0.05, 0.1) is 5.69 Å². The molecule has 2 aromatic heterocycles. The minimum Gasteiger partial charge on any atom is -0.306 e. The molecule has 3 rings (SSSR count). The Morgan fingerprint density at radius 1 is 1.00 bits per heavy atom. The van der Waals surface area contributed by atoms with E-state index >= 15 is 0 Å². The van der Waals surface area contributed by atoms with Crippen LogP contribution in [0.15, 0.2) is 67.0 Å². The van der Waals surface area contributed by atoms with Crippen LogP contribution < -0.4 is 0 Å². The third-order valence-corrected chi connectivity index (χ3v) is 3.05. The van der Waals surface area contributed by atoms with Crippen molar-refractivity contribution in [1.29, 1.82) is 0 Å². The zero-order valence-corrected chi connectivity index (χ0v) is 11.1. The number of benzene rings is 1. The number of carbonyl (C=O) groups excluding carboxylic acids is 2. The smallest absolute Gasteiger partial charge is 0.232 e. The number of ketones is 2. The van der Waals surface area contributed by atoms with Gasteiger partial charge in [-0.05, 0) is 24.3 Å². The lowest BCUT2D eigenvalue weighted by atomic mass is 10.1. The van der Waals surface area contributed by atoms with Gasteiger partial charge in [0.2, 0.25) is 11.6 Å². The van der Waals surface area contributed by atoms with Crippen LogP contribution in [0.1, 0.15) is 16.1 Å². The number of aromatic nitrogens is 2. The fourth-order valence-electron chi connectivity index (χ4n) is 2.00. The van der Waals surface area contributed by atoms with Crippen LogP contribution in [0, 0.1) is 0 Å². The molecular formula is C17H12N2O2. The molecule has 0 radical (unpaired) electrons. The van der Waals surface area contributed by atoms with Gasteiger partial charge in [0.25, 0.3) is 0 Å². The number of imidazole rings is 1. The molecule has 1 aromatic carbocycles. The summed E-state index contributed by atoms with van der Waals surface area (Å²) in [6, 6.07) is 14.2. The summed E-state index contributed by atoms with van der Waals surface area (Å²) >= 11 is 0. The number of carbonyl (C=O) groups is 2. The van der Waals surface area contributed by atoms with Crippen molar-refractivity contribution in [2.45, 2.75) is 0 Å². The Hall–Kier alpha value is -3.01. The second-order valence-electron chi connectivity index (χ2n) is 4.52. The summed E-state index contributed by atoms with van der Waals surface area (Å²) in [4.78, 5) is 28.1. The summed E-state index contributed by atoms with van der Waals surface area (Å²) in [5.41, 5.74) is 1.82. The molecule has 0 fully saturated rings. The molecule has 0 atom stereocenters. The van der Waals surface area contributed by atoms with Crippen molar-refractivity contribution >= 4 is 23.3 Å². The van der Waals surface area contributed by atoms with E-state index in [-0.39, 0.29) is 0 Å². The van der Waals surface area contributed by atoms with E-state index in [9.17, 15) is 9.59 Å². The van der Waals surface area contributed by atoms with E-state index in [1.165, 1.54) is 6.08 Å². The molecule has 0 N–H and O–H groups in total. The summed E-state index contributed by atoms with van der Waals surface area (Å²) in [6.45, 7) is 0. The lowest BCUT2D eigenvalue weighted by Gasteiger charge is -1.94. The van der Waals surface area contributed by atoms with Crippen molar-refractivity contribution in [3.63, 3.8) is 0 Å². The van der Waals surface area contributed by atoms with E-state index in [4.69, 9.17) is 0 Å². The van der Waals surface area contributed by atoms with Crippen LogP contribution in [0.4, 0.5) is 0 Å². The van der Waals surface area contributed by atoms with Gasteiger partial charge in [-0.3, -0.25) is 9.59 Å². The number of hydrogen-bond acceptors (Lipinski definition) is 3. The molecule has 0 saturated carbocycles. The first kappa shape index (κ1) is 13.0. The number of fused-ring (bicyclic) bond motifs is 1. The van der Waals surface area contributed by atoms with E-state index in [2.05, 4.69) is 4.98 Å². The largest absolute Gasteiger partial charge is 0.306 e. The molecule has 4 nitrogen and oxygen atoms in total. The molecule has 3 aromatic rings. The van der Waals surface area contributed by atoms with Gasteiger partial charge in [-0.1, -0.05) is 36.4 Å². The number of pyridine rings is 1. The maximum absolute atomic E-state index is 11.9. The molecule has 102 valence electrons. The predicted octanol–water partition coefficient (Wildman–Crippen LogP) is 2.80. The molecule has 0 saturated heterocycles. The molecule has 0 unspecified atom stereocenters. The average Bonchev–Trinajstić information content (AvgIpc) is 2.95. The molecule has 0 spiro atoms. The normalized spacial score (nSPS) is 11.0. The Morgan fingerprint density at radius 2 is 1.76 bits per heavy atom. The topological polar surface area (TPSA) is 51.4 Å². The van der Waals surface area contributed by atoms with E-state index in [1.807, 2.05) is 28.8 Å². The van der Waals surface area contributed by atoms with E-state index < -0.39 is 11.6 Å². The Kier molecular flexibility index (Phi) is 3.43. The highest BCUT2D eigenvalue weighted by molar-refractivity contribution is 6.48. The maximum Gasteiger partial charge on any atom is 0.232 e. The Morgan fingerprint density at radius 3 is 2.52 bits per heavy atom. The first-order valence-electron chi connectivity index (χ1n) is 6.49. The van der Waals surface area contributed by atoms with E-state index in [0.29, 0.717) is 11.3 Å². The third kappa shape index (κ3) is 2.79.